The Balaban J connectivity index is 1.78. The van der Waals surface area contributed by atoms with Gasteiger partial charge in [-0.3, -0.25) is 28.4 Å². The number of imidazole rings is 1. The number of carbonyl (C=O) groups excluding carboxylic acids is 1. The number of aliphatic hydroxyl groups excluding tert-OH is 1. The number of rotatable bonds is 17. The van der Waals surface area contributed by atoms with E-state index >= 15 is 0 Å². The van der Waals surface area contributed by atoms with Gasteiger partial charge in [-0.05, 0) is 36.6 Å². The minimum Gasteiger partial charge on any atom is -0.481 e. The van der Waals surface area contributed by atoms with Gasteiger partial charge in [-0.2, -0.15) is 0 Å². The highest BCUT2D eigenvalue weighted by atomic mass is 16.4. The predicted molar refractivity (Wildman–Crippen MR) is 173 cm³/mol. The van der Waals surface area contributed by atoms with E-state index in [1.807, 2.05) is 60.9 Å². The number of aromatic nitrogens is 4. The molecule has 4 aromatic rings. The number of likely N-dealkylation sites (N-methyl/N-ethyl adjacent to an activating group) is 1. The molecule has 45 heavy (non-hydrogen) atoms. The maximum absolute atomic E-state index is 13.9. The molecule has 0 aliphatic heterocycles. The molecule has 3 N–H and O–H groups in total. The van der Waals surface area contributed by atoms with E-state index in [0.29, 0.717) is 61.6 Å². The molecule has 240 valence electrons. The maximum atomic E-state index is 13.9. The van der Waals surface area contributed by atoms with Crippen LogP contribution in [-0.2, 0) is 42.1 Å². The lowest BCUT2D eigenvalue weighted by atomic mass is 10.1. The number of nitrogens with zero attached hydrogens (tertiary/aromatic N) is 5. The molecular formula is C33H42N6O6. The number of hydrogen-bond donors (Lipinski definition) is 3. The van der Waals surface area contributed by atoms with Crippen molar-refractivity contribution in [2.75, 3.05) is 31.6 Å². The molecule has 0 saturated carbocycles. The van der Waals surface area contributed by atoms with Crippen molar-refractivity contribution in [3.63, 3.8) is 0 Å². The third-order valence-corrected chi connectivity index (χ3v) is 7.81. The van der Waals surface area contributed by atoms with Crippen molar-refractivity contribution in [2.45, 2.75) is 65.6 Å². The minimum absolute atomic E-state index is 0.0275. The molecule has 0 fully saturated rings. The Labute approximate surface area is 261 Å². The summed E-state index contributed by atoms with van der Waals surface area (Å²) in [6.45, 7) is 6.71. The molecule has 0 unspecified atom stereocenters. The van der Waals surface area contributed by atoms with Crippen molar-refractivity contribution in [2.24, 2.45) is 0 Å². The Morgan fingerprint density at radius 2 is 1.62 bits per heavy atom. The van der Waals surface area contributed by atoms with Gasteiger partial charge in [-0.1, -0.05) is 62.4 Å². The van der Waals surface area contributed by atoms with E-state index in [0.717, 1.165) is 17.7 Å². The summed E-state index contributed by atoms with van der Waals surface area (Å²) in [5.41, 5.74) is 2.19. The SMILES string of the molecule is CCCn1c(=O)c2c(nc(Cc3ccccc3)n2CCN(CC)CCO)n(CCc2ccccc2NC(=O)CCC(=O)O)c1=O. The lowest BCUT2D eigenvalue weighted by Gasteiger charge is -2.20. The Hall–Kier alpha value is -4.55. The first-order valence-corrected chi connectivity index (χ1v) is 15.5. The average Bonchev–Trinajstić information content (AvgIpc) is 3.39. The van der Waals surface area contributed by atoms with Gasteiger partial charge in [0.25, 0.3) is 5.56 Å². The van der Waals surface area contributed by atoms with Crippen LogP contribution in [0.4, 0.5) is 5.69 Å². The summed E-state index contributed by atoms with van der Waals surface area (Å²) in [7, 11) is 0. The molecule has 0 aliphatic carbocycles. The average molecular weight is 619 g/mol. The Morgan fingerprint density at radius 1 is 0.889 bits per heavy atom. The van der Waals surface area contributed by atoms with Crippen LogP contribution in [0, 0.1) is 0 Å². The van der Waals surface area contributed by atoms with E-state index in [-0.39, 0.29) is 38.1 Å². The third-order valence-electron chi connectivity index (χ3n) is 7.81. The second-order valence-electron chi connectivity index (χ2n) is 10.9. The number of aliphatic carboxylic acids is 1. The van der Waals surface area contributed by atoms with Gasteiger partial charge >= 0.3 is 11.7 Å². The maximum Gasteiger partial charge on any atom is 0.332 e. The monoisotopic (exact) mass is 618 g/mol. The number of benzene rings is 2. The molecule has 0 radical (unpaired) electrons. The second kappa shape index (κ2) is 16.0. The lowest BCUT2D eigenvalue weighted by Crippen LogP contribution is -2.41. The molecule has 2 aromatic carbocycles. The van der Waals surface area contributed by atoms with Crippen LogP contribution in [0.1, 0.15) is 50.1 Å². The van der Waals surface area contributed by atoms with E-state index < -0.39 is 17.6 Å². The molecule has 0 saturated heterocycles. The Kier molecular flexibility index (Phi) is 11.8. The molecule has 0 bridgehead atoms. The van der Waals surface area contributed by atoms with Gasteiger partial charge < -0.3 is 20.1 Å². The number of aryl methyl sites for hydroxylation is 2. The first-order chi connectivity index (χ1) is 21.8. The zero-order valence-electron chi connectivity index (χ0n) is 25.9. The van der Waals surface area contributed by atoms with Gasteiger partial charge in [-0.25, -0.2) is 9.78 Å². The molecule has 0 aliphatic rings. The molecule has 0 atom stereocenters. The van der Waals surface area contributed by atoms with Crippen LogP contribution in [0.15, 0.2) is 64.2 Å². The number of carboxylic acids is 1. The van der Waals surface area contributed by atoms with Crippen molar-refractivity contribution in [1.82, 2.24) is 23.6 Å². The summed E-state index contributed by atoms with van der Waals surface area (Å²) in [6, 6.07) is 17.0. The highest BCUT2D eigenvalue weighted by Gasteiger charge is 2.22. The second-order valence-corrected chi connectivity index (χ2v) is 10.9. The molecule has 4 rings (SSSR count). The quantitative estimate of drug-likeness (QED) is 0.163. The van der Waals surface area contributed by atoms with Crippen molar-refractivity contribution < 1.29 is 19.8 Å². The number of carbonyl (C=O) groups is 2. The van der Waals surface area contributed by atoms with E-state index in [1.54, 1.807) is 16.7 Å². The number of hydrogen-bond acceptors (Lipinski definition) is 7. The zero-order valence-corrected chi connectivity index (χ0v) is 25.9. The number of aliphatic hydroxyl groups is 1. The van der Waals surface area contributed by atoms with Crippen molar-refractivity contribution >= 4 is 28.7 Å². The van der Waals surface area contributed by atoms with E-state index in [2.05, 4.69) is 10.2 Å². The van der Waals surface area contributed by atoms with Gasteiger partial charge in [0.2, 0.25) is 5.91 Å². The largest absolute Gasteiger partial charge is 0.481 e. The third kappa shape index (κ3) is 8.34. The first-order valence-electron chi connectivity index (χ1n) is 15.5. The number of fused-ring (bicyclic) bond motifs is 1. The summed E-state index contributed by atoms with van der Waals surface area (Å²) in [4.78, 5) is 58.1. The van der Waals surface area contributed by atoms with Crippen LogP contribution < -0.4 is 16.6 Å². The number of para-hydroxylation sites is 1. The molecule has 2 aromatic heterocycles. The highest BCUT2D eigenvalue weighted by molar-refractivity contribution is 5.93. The topological polar surface area (TPSA) is 152 Å². The van der Waals surface area contributed by atoms with E-state index in [1.165, 1.54) is 4.57 Å². The fourth-order valence-electron chi connectivity index (χ4n) is 5.45. The lowest BCUT2D eigenvalue weighted by molar-refractivity contribution is -0.138. The molecule has 0 spiro atoms. The van der Waals surface area contributed by atoms with Gasteiger partial charge in [-0.15, -0.1) is 0 Å². The highest BCUT2D eigenvalue weighted by Crippen LogP contribution is 2.20. The zero-order chi connectivity index (χ0) is 32.3. The summed E-state index contributed by atoms with van der Waals surface area (Å²) in [5.74, 6) is -0.791. The molecule has 12 nitrogen and oxygen atoms in total. The van der Waals surface area contributed by atoms with Crippen LogP contribution in [-0.4, -0.2) is 71.9 Å². The molecule has 1 amide bonds. The normalized spacial score (nSPS) is 11.4. The first kappa shape index (κ1) is 33.3. The standard InChI is InChI=1S/C33H42N6O6/c1-3-17-39-32(44)30-31(35-27(23-24-10-6-5-7-11-24)37(30)20-19-36(4-2)21-22-40)38(33(39)45)18-16-25-12-8-9-13-26(25)34-28(41)14-15-29(42)43/h5-13,40H,3-4,14-23H2,1-2H3,(H,34,41)(H,42,43). The molecule has 12 heteroatoms. The van der Waals surface area contributed by atoms with E-state index in [9.17, 15) is 24.3 Å². The van der Waals surface area contributed by atoms with Crippen LogP contribution in [0.25, 0.3) is 11.2 Å². The van der Waals surface area contributed by atoms with Gasteiger partial charge in [0, 0.05) is 51.3 Å². The van der Waals surface area contributed by atoms with Crippen molar-refractivity contribution in [1.29, 1.82) is 0 Å². The minimum atomic E-state index is -1.05. The van der Waals surface area contributed by atoms with Crippen LogP contribution in [0.5, 0.6) is 0 Å². The van der Waals surface area contributed by atoms with Crippen molar-refractivity contribution in [3.8, 4) is 0 Å². The molecule has 2 heterocycles. The summed E-state index contributed by atoms with van der Waals surface area (Å²) in [6.07, 6.45) is 0.992. The van der Waals surface area contributed by atoms with Crippen LogP contribution in [0.3, 0.4) is 0 Å². The van der Waals surface area contributed by atoms with Gasteiger partial charge in [0.05, 0.1) is 13.0 Å². The number of nitrogens with one attached hydrogen (secondary N) is 1. The Morgan fingerprint density at radius 3 is 2.31 bits per heavy atom. The smallest absolute Gasteiger partial charge is 0.332 e. The number of amides is 1. The van der Waals surface area contributed by atoms with Crippen molar-refractivity contribution in [3.05, 3.63) is 92.4 Å². The number of anilines is 1. The molecular weight excluding hydrogens is 576 g/mol. The van der Waals surface area contributed by atoms with Crippen LogP contribution >= 0.6 is 0 Å². The Bertz CT molecular complexity index is 1730. The predicted octanol–water partition coefficient (Wildman–Crippen LogP) is 2.72. The summed E-state index contributed by atoms with van der Waals surface area (Å²) < 4.78 is 4.74. The van der Waals surface area contributed by atoms with Crippen LogP contribution in [0.2, 0.25) is 0 Å². The van der Waals surface area contributed by atoms with E-state index in [4.69, 9.17) is 10.1 Å². The summed E-state index contributed by atoms with van der Waals surface area (Å²) >= 11 is 0. The fraction of sp³-hybridized carbons (Fsp3) is 0.424. The van der Waals surface area contributed by atoms with Gasteiger partial charge in [0.1, 0.15) is 5.82 Å². The summed E-state index contributed by atoms with van der Waals surface area (Å²) in [5, 5.41) is 21.2. The number of carboxylic acid groups (broad SMARTS) is 1. The van der Waals surface area contributed by atoms with Gasteiger partial charge in [0.15, 0.2) is 11.2 Å². The fourth-order valence-corrected chi connectivity index (χ4v) is 5.45.